The smallest absolute Gasteiger partial charge is 0.166 e. The van der Waals surface area contributed by atoms with Crippen LogP contribution < -0.4 is 10.6 Å². The topological polar surface area (TPSA) is 44.3 Å². The van der Waals surface area contributed by atoms with Gasteiger partial charge in [0.05, 0.1) is 6.61 Å². The van der Waals surface area contributed by atoms with Crippen molar-refractivity contribution in [3.8, 4) is 0 Å². The summed E-state index contributed by atoms with van der Waals surface area (Å²) in [5, 5.41) is 14.7. The van der Waals surface area contributed by atoms with Gasteiger partial charge in [-0.2, -0.15) is 0 Å². The molecule has 5 heteroatoms. The number of thiocarbonyl (C=S) groups is 1. The van der Waals surface area contributed by atoms with E-state index in [1.165, 1.54) is 6.07 Å². The summed E-state index contributed by atoms with van der Waals surface area (Å²) in [7, 11) is 0. The first-order valence-electron chi connectivity index (χ1n) is 5.01. The van der Waals surface area contributed by atoms with Crippen LogP contribution in [0.3, 0.4) is 0 Å². The average Bonchev–Trinajstić information content (AvgIpc) is 2.25. The second-order valence-electron chi connectivity index (χ2n) is 3.37. The molecule has 0 heterocycles. The maximum absolute atomic E-state index is 13.4. The quantitative estimate of drug-likeness (QED) is 0.692. The van der Waals surface area contributed by atoms with Gasteiger partial charge in [-0.3, -0.25) is 0 Å². The van der Waals surface area contributed by atoms with Crippen molar-refractivity contribution in [2.75, 3.05) is 13.2 Å². The van der Waals surface area contributed by atoms with Crippen molar-refractivity contribution in [3.63, 3.8) is 0 Å². The highest BCUT2D eigenvalue weighted by molar-refractivity contribution is 7.80. The second kappa shape index (κ2) is 6.40. The van der Waals surface area contributed by atoms with Crippen molar-refractivity contribution in [3.05, 3.63) is 35.1 Å². The Morgan fingerprint density at radius 1 is 1.44 bits per heavy atom. The van der Waals surface area contributed by atoms with E-state index >= 15 is 0 Å². The summed E-state index contributed by atoms with van der Waals surface area (Å²) in [4.78, 5) is 0. The van der Waals surface area contributed by atoms with E-state index in [0.29, 0.717) is 23.8 Å². The first-order valence-corrected chi connectivity index (χ1v) is 5.42. The molecule has 0 radical (unpaired) electrons. The van der Waals surface area contributed by atoms with E-state index in [2.05, 4.69) is 10.6 Å². The number of aliphatic hydroxyl groups excluding tert-OH is 1. The average molecular weight is 242 g/mol. The second-order valence-corrected chi connectivity index (χ2v) is 3.78. The predicted molar refractivity (Wildman–Crippen MR) is 65.7 cm³/mol. The summed E-state index contributed by atoms with van der Waals surface area (Å²) in [5.74, 6) is -0.238. The van der Waals surface area contributed by atoms with Crippen LogP contribution in [-0.2, 0) is 6.54 Å². The zero-order valence-electron chi connectivity index (χ0n) is 9.09. The van der Waals surface area contributed by atoms with Crippen LogP contribution in [0.15, 0.2) is 18.2 Å². The van der Waals surface area contributed by atoms with Gasteiger partial charge in [0, 0.05) is 18.7 Å². The molecule has 0 aliphatic rings. The standard InChI is InChI=1S/C11H15FN2OS/c1-8-3-2-4-10(12)9(8)7-14-11(16)13-5-6-15/h2-4,15H,5-7H2,1H3,(H2,13,14,16). The lowest BCUT2D eigenvalue weighted by atomic mass is 10.1. The van der Waals surface area contributed by atoms with Gasteiger partial charge >= 0.3 is 0 Å². The molecule has 0 aliphatic heterocycles. The van der Waals surface area contributed by atoms with Crippen molar-refractivity contribution in [2.24, 2.45) is 0 Å². The minimum absolute atomic E-state index is 0.0144. The van der Waals surface area contributed by atoms with E-state index < -0.39 is 0 Å². The Bertz CT molecular complexity index is 351. The van der Waals surface area contributed by atoms with Crippen molar-refractivity contribution < 1.29 is 9.50 Å². The first kappa shape index (κ1) is 12.9. The summed E-state index contributed by atoms with van der Waals surface area (Å²) in [5.41, 5.74) is 1.49. The molecule has 16 heavy (non-hydrogen) atoms. The summed E-state index contributed by atoms with van der Waals surface area (Å²) in [6, 6.07) is 4.95. The molecule has 0 aromatic heterocycles. The highest BCUT2D eigenvalue weighted by Gasteiger charge is 2.05. The Labute approximate surface area is 99.7 Å². The minimum Gasteiger partial charge on any atom is -0.395 e. The third-order valence-corrected chi connectivity index (χ3v) is 2.46. The molecule has 0 aliphatic carbocycles. The lowest BCUT2D eigenvalue weighted by Gasteiger charge is -2.11. The van der Waals surface area contributed by atoms with Crippen LogP contribution in [-0.4, -0.2) is 23.4 Å². The molecule has 0 unspecified atom stereocenters. The fourth-order valence-electron chi connectivity index (χ4n) is 1.29. The highest BCUT2D eigenvalue weighted by atomic mass is 32.1. The normalized spacial score (nSPS) is 9.94. The van der Waals surface area contributed by atoms with Crippen LogP contribution >= 0.6 is 12.2 Å². The molecule has 0 atom stereocenters. The Hall–Kier alpha value is -1.20. The van der Waals surface area contributed by atoms with Crippen molar-refractivity contribution in [1.29, 1.82) is 0 Å². The van der Waals surface area contributed by atoms with Gasteiger partial charge in [0.1, 0.15) is 5.82 Å². The largest absolute Gasteiger partial charge is 0.395 e. The van der Waals surface area contributed by atoms with Gasteiger partial charge in [-0.05, 0) is 30.8 Å². The molecule has 0 fully saturated rings. The maximum Gasteiger partial charge on any atom is 0.166 e. The van der Waals surface area contributed by atoms with Crippen LogP contribution in [0, 0.1) is 12.7 Å². The number of rotatable bonds is 4. The van der Waals surface area contributed by atoms with Crippen LogP contribution in [0.5, 0.6) is 0 Å². The number of benzene rings is 1. The SMILES string of the molecule is Cc1cccc(F)c1CNC(=S)NCCO. The van der Waals surface area contributed by atoms with Crippen LogP contribution in [0.25, 0.3) is 0 Å². The lowest BCUT2D eigenvalue weighted by Crippen LogP contribution is -2.36. The number of halogens is 1. The predicted octanol–water partition coefficient (Wildman–Crippen LogP) is 1.09. The Kier molecular flexibility index (Phi) is 5.14. The number of aliphatic hydroxyl groups is 1. The van der Waals surface area contributed by atoms with Crippen molar-refractivity contribution in [2.45, 2.75) is 13.5 Å². The Morgan fingerprint density at radius 2 is 2.19 bits per heavy atom. The molecule has 0 amide bonds. The van der Waals surface area contributed by atoms with Gasteiger partial charge in [-0.1, -0.05) is 12.1 Å². The van der Waals surface area contributed by atoms with Crippen molar-refractivity contribution in [1.82, 2.24) is 10.6 Å². The molecule has 0 saturated heterocycles. The number of hydrogen-bond donors (Lipinski definition) is 3. The summed E-state index contributed by atoms with van der Waals surface area (Å²) >= 11 is 4.95. The molecule has 3 N–H and O–H groups in total. The molecule has 1 aromatic carbocycles. The fourth-order valence-corrected chi connectivity index (χ4v) is 1.47. The molecule has 88 valence electrons. The van der Waals surface area contributed by atoms with E-state index in [1.54, 1.807) is 6.07 Å². The maximum atomic E-state index is 13.4. The molecule has 1 aromatic rings. The fraction of sp³-hybridized carbons (Fsp3) is 0.364. The molecule has 0 bridgehead atoms. The minimum atomic E-state index is -0.238. The van der Waals surface area contributed by atoms with Crippen LogP contribution in [0.2, 0.25) is 0 Å². The molecular weight excluding hydrogens is 227 g/mol. The molecule has 1 rings (SSSR count). The molecule has 0 saturated carbocycles. The van der Waals surface area contributed by atoms with Gasteiger partial charge in [0.15, 0.2) is 5.11 Å². The van der Waals surface area contributed by atoms with Gasteiger partial charge in [-0.15, -0.1) is 0 Å². The van der Waals surface area contributed by atoms with E-state index in [1.807, 2.05) is 13.0 Å². The highest BCUT2D eigenvalue weighted by Crippen LogP contribution is 2.11. The van der Waals surface area contributed by atoms with Crippen LogP contribution in [0.4, 0.5) is 4.39 Å². The van der Waals surface area contributed by atoms with Gasteiger partial charge < -0.3 is 15.7 Å². The number of aryl methyl sites for hydroxylation is 1. The van der Waals surface area contributed by atoms with Crippen LogP contribution in [0.1, 0.15) is 11.1 Å². The third kappa shape index (κ3) is 3.75. The number of hydrogen-bond acceptors (Lipinski definition) is 2. The van der Waals surface area contributed by atoms with E-state index in [9.17, 15) is 4.39 Å². The number of nitrogens with one attached hydrogen (secondary N) is 2. The van der Waals surface area contributed by atoms with Gasteiger partial charge in [0.25, 0.3) is 0 Å². The van der Waals surface area contributed by atoms with E-state index in [4.69, 9.17) is 17.3 Å². The Morgan fingerprint density at radius 3 is 2.81 bits per heavy atom. The summed E-state index contributed by atoms with van der Waals surface area (Å²) in [6.07, 6.45) is 0. The zero-order chi connectivity index (χ0) is 12.0. The van der Waals surface area contributed by atoms with E-state index in [-0.39, 0.29) is 12.4 Å². The zero-order valence-corrected chi connectivity index (χ0v) is 9.90. The lowest BCUT2D eigenvalue weighted by molar-refractivity contribution is 0.300. The molecule has 3 nitrogen and oxygen atoms in total. The third-order valence-electron chi connectivity index (χ3n) is 2.18. The monoisotopic (exact) mass is 242 g/mol. The van der Waals surface area contributed by atoms with E-state index in [0.717, 1.165) is 5.56 Å². The Balaban J connectivity index is 2.51. The summed E-state index contributed by atoms with van der Waals surface area (Å²) < 4.78 is 13.4. The molecule has 0 spiro atoms. The van der Waals surface area contributed by atoms with Gasteiger partial charge in [0.2, 0.25) is 0 Å². The summed E-state index contributed by atoms with van der Waals surface area (Å²) in [6.45, 7) is 2.60. The molecular formula is C11H15FN2OS. The van der Waals surface area contributed by atoms with Gasteiger partial charge in [-0.25, -0.2) is 4.39 Å². The first-order chi connectivity index (χ1) is 7.65. The van der Waals surface area contributed by atoms with Crippen molar-refractivity contribution >= 4 is 17.3 Å².